The number of nitrogen functional groups attached to an aromatic ring is 1. The molecule has 5 nitrogen and oxygen atoms in total. The van der Waals surface area contributed by atoms with Gasteiger partial charge in [-0.25, -0.2) is 13.8 Å². The van der Waals surface area contributed by atoms with E-state index in [0.29, 0.717) is 11.6 Å². The van der Waals surface area contributed by atoms with Crippen molar-refractivity contribution in [3.8, 4) is 11.4 Å². The lowest BCUT2D eigenvalue weighted by Crippen LogP contribution is -2.20. The first-order chi connectivity index (χ1) is 15.5. The third kappa shape index (κ3) is 3.46. The Morgan fingerprint density at radius 3 is 2.52 bits per heavy atom. The smallest absolute Gasteiger partial charge is 0.397 e. The number of hydrogen-bond acceptors (Lipinski definition) is 3. The van der Waals surface area contributed by atoms with E-state index in [0.717, 1.165) is 18.2 Å². The molecule has 2 heterocycles. The highest BCUT2D eigenvalue weighted by molar-refractivity contribution is 6.31. The minimum Gasteiger partial charge on any atom is -0.397 e. The molecular weight excluding hydrogens is 467 g/mol. The van der Waals surface area contributed by atoms with Crippen molar-refractivity contribution in [1.82, 2.24) is 15.3 Å². The molecule has 3 aromatic carbocycles. The van der Waals surface area contributed by atoms with Crippen molar-refractivity contribution in [1.29, 1.82) is 0 Å². The van der Waals surface area contributed by atoms with Crippen molar-refractivity contribution in [2.45, 2.75) is 12.2 Å². The number of hydrogen-bond donors (Lipinski definition) is 3. The second-order valence-corrected chi connectivity index (χ2v) is 7.94. The Balaban J connectivity index is 1.74. The van der Waals surface area contributed by atoms with Crippen LogP contribution >= 0.6 is 11.6 Å². The van der Waals surface area contributed by atoms with Gasteiger partial charge in [0.05, 0.1) is 28.3 Å². The van der Waals surface area contributed by atoms with Crippen LogP contribution in [-0.4, -0.2) is 15.9 Å². The van der Waals surface area contributed by atoms with Gasteiger partial charge in [0.25, 0.3) is 5.91 Å². The molecule has 0 fully saturated rings. The van der Waals surface area contributed by atoms with Gasteiger partial charge in [0.1, 0.15) is 17.5 Å². The third-order valence-corrected chi connectivity index (χ3v) is 5.76. The Labute approximate surface area is 187 Å². The number of rotatable bonds is 2. The SMILES string of the molecule is Nc1cc2c(c3nc(-c4cc(F)cc(C(F)(F)F)c4)[nH]c13)C(c1cc(F)ccc1Cl)NC2=O. The van der Waals surface area contributed by atoms with Crippen LogP contribution in [0.1, 0.15) is 33.1 Å². The van der Waals surface area contributed by atoms with Gasteiger partial charge in [-0.2, -0.15) is 13.2 Å². The maximum absolute atomic E-state index is 13.9. The molecule has 1 aliphatic rings. The van der Waals surface area contributed by atoms with E-state index in [1.807, 2.05) is 0 Å². The van der Waals surface area contributed by atoms with Crippen LogP contribution in [0.2, 0.25) is 5.02 Å². The van der Waals surface area contributed by atoms with Crippen LogP contribution in [-0.2, 0) is 6.18 Å². The number of aromatic nitrogens is 2. The number of fused-ring (bicyclic) bond motifs is 3. The summed E-state index contributed by atoms with van der Waals surface area (Å²) in [5.74, 6) is -2.26. The van der Waals surface area contributed by atoms with Gasteiger partial charge >= 0.3 is 6.18 Å². The molecule has 1 aliphatic heterocycles. The first-order valence-corrected chi connectivity index (χ1v) is 9.87. The average molecular weight is 479 g/mol. The maximum atomic E-state index is 13.9. The molecule has 4 N–H and O–H groups in total. The standard InChI is InChI=1S/C22H12ClF5N4O/c23-14-2-1-10(24)6-12(14)17-16-13(21(33)32-17)7-15(29)18-19(16)31-20(30-18)8-3-9(22(26,27)28)5-11(25)4-8/h1-7,17H,29H2,(H,30,31)(H,32,33). The molecule has 1 unspecified atom stereocenters. The summed E-state index contributed by atoms with van der Waals surface area (Å²) in [6, 6.07) is 6.20. The summed E-state index contributed by atoms with van der Waals surface area (Å²) < 4.78 is 67.3. The van der Waals surface area contributed by atoms with Gasteiger partial charge in [-0.1, -0.05) is 11.6 Å². The normalized spacial score (nSPS) is 15.7. The number of nitrogens with two attached hydrogens (primary N) is 1. The van der Waals surface area contributed by atoms with Crippen LogP contribution in [0, 0.1) is 11.6 Å². The highest BCUT2D eigenvalue weighted by Crippen LogP contribution is 2.41. The van der Waals surface area contributed by atoms with Crippen molar-refractivity contribution in [3.63, 3.8) is 0 Å². The molecule has 0 aliphatic carbocycles. The summed E-state index contributed by atoms with van der Waals surface area (Å²) in [7, 11) is 0. The fourth-order valence-electron chi connectivity index (χ4n) is 3.97. The Bertz CT molecular complexity index is 1460. The fraction of sp³-hybridized carbons (Fsp3) is 0.0909. The summed E-state index contributed by atoms with van der Waals surface area (Å²) in [5.41, 5.74) is 5.98. The van der Waals surface area contributed by atoms with Gasteiger partial charge in [-0.15, -0.1) is 0 Å². The minimum atomic E-state index is -4.77. The van der Waals surface area contributed by atoms with Crippen molar-refractivity contribution >= 4 is 34.2 Å². The Morgan fingerprint density at radius 2 is 1.79 bits per heavy atom. The van der Waals surface area contributed by atoms with E-state index in [4.69, 9.17) is 17.3 Å². The molecule has 1 amide bonds. The number of alkyl halides is 3. The summed E-state index contributed by atoms with van der Waals surface area (Å²) in [4.78, 5) is 19.8. The number of nitrogens with zero attached hydrogens (tertiary/aromatic N) is 1. The third-order valence-electron chi connectivity index (χ3n) is 5.41. The van der Waals surface area contributed by atoms with Gasteiger partial charge in [-0.05, 0) is 42.5 Å². The zero-order valence-electron chi connectivity index (χ0n) is 16.3. The van der Waals surface area contributed by atoms with E-state index in [1.54, 1.807) is 0 Å². The van der Waals surface area contributed by atoms with Crippen LogP contribution < -0.4 is 11.1 Å². The van der Waals surface area contributed by atoms with Gasteiger partial charge in [0, 0.05) is 27.3 Å². The van der Waals surface area contributed by atoms with E-state index in [9.17, 15) is 26.7 Å². The molecular formula is C22H12ClF5N4O. The first-order valence-electron chi connectivity index (χ1n) is 9.49. The van der Waals surface area contributed by atoms with Crippen LogP contribution in [0.15, 0.2) is 42.5 Å². The minimum absolute atomic E-state index is 0.0847. The predicted molar refractivity (Wildman–Crippen MR) is 112 cm³/mol. The Hall–Kier alpha value is -3.66. The van der Waals surface area contributed by atoms with Crippen LogP contribution in [0.25, 0.3) is 22.4 Å². The van der Waals surface area contributed by atoms with Crippen molar-refractivity contribution in [2.75, 3.05) is 5.73 Å². The zero-order chi connectivity index (χ0) is 23.7. The summed E-state index contributed by atoms with van der Waals surface area (Å²) >= 11 is 6.23. The second kappa shape index (κ2) is 7.17. The lowest BCUT2D eigenvalue weighted by molar-refractivity contribution is -0.137. The van der Waals surface area contributed by atoms with Gasteiger partial charge in [-0.3, -0.25) is 4.79 Å². The Morgan fingerprint density at radius 1 is 1.03 bits per heavy atom. The summed E-state index contributed by atoms with van der Waals surface area (Å²) in [5, 5.41) is 2.89. The van der Waals surface area contributed by atoms with Crippen LogP contribution in [0.3, 0.4) is 0 Å². The average Bonchev–Trinajstić information content (AvgIpc) is 3.31. The van der Waals surface area contributed by atoms with Crippen molar-refractivity contribution in [3.05, 3.63) is 81.4 Å². The zero-order valence-corrected chi connectivity index (χ0v) is 17.1. The number of carbonyl (C=O) groups is 1. The topological polar surface area (TPSA) is 83.8 Å². The first kappa shape index (κ1) is 21.2. The lowest BCUT2D eigenvalue weighted by Gasteiger charge is -2.15. The highest BCUT2D eigenvalue weighted by Gasteiger charge is 2.36. The van der Waals surface area contributed by atoms with Gasteiger partial charge in [0.15, 0.2) is 0 Å². The van der Waals surface area contributed by atoms with E-state index in [1.165, 1.54) is 18.2 Å². The maximum Gasteiger partial charge on any atom is 0.416 e. The van der Waals surface area contributed by atoms with Gasteiger partial charge in [0.2, 0.25) is 0 Å². The molecule has 33 heavy (non-hydrogen) atoms. The predicted octanol–water partition coefficient (Wildman–Crippen LogP) is 5.60. The number of nitrogens with one attached hydrogen (secondary N) is 2. The largest absolute Gasteiger partial charge is 0.416 e. The molecule has 168 valence electrons. The molecule has 0 spiro atoms. The highest BCUT2D eigenvalue weighted by atomic mass is 35.5. The number of anilines is 1. The fourth-order valence-corrected chi connectivity index (χ4v) is 4.19. The van der Waals surface area contributed by atoms with E-state index < -0.39 is 35.3 Å². The lowest BCUT2D eigenvalue weighted by atomic mass is 9.96. The second-order valence-electron chi connectivity index (χ2n) is 7.53. The molecule has 11 heteroatoms. The molecule has 1 aromatic heterocycles. The van der Waals surface area contributed by atoms with E-state index in [-0.39, 0.29) is 44.3 Å². The summed E-state index contributed by atoms with van der Waals surface area (Å²) in [6.45, 7) is 0. The van der Waals surface area contributed by atoms with Crippen LogP contribution in [0.4, 0.5) is 27.6 Å². The molecule has 0 saturated carbocycles. The van der Waals surface area contributed by atoms with Crippen molar-refractivity contribution in [2.24, 2.45) is 0 Å². The monoisotopic (exact) mass is 478 g/mol. The molecule has 1 atom stereocenters. The number of benzene rings is 3. The number of imidazole rings is 1. The number of carbonyl (C=O) groups excluding carboxylic acids is 1. The number of halogens is 6. The van der Waals surface area contributed by atoms with Crippen LogP contribution in [0.5, 0.6) is 0 Å². The van der Waals surface area contributed by atoms with E-state index in [2.05, 4.69) is 15.3 Å². The molecule has 0 bridgehead atoms. The van der Waals surface area contributed by atoms with Gasteiger partial charge < -0.3 is 16.0 Å². The molecule has 0 saturated heterocycles. The Kier molecular flexibility index (Phi) is 4.61. The molecule has 0 radical (unpaired) electrons. The number of amides is 1. The molecule has 4 aromatic rings. The summed E-state index contributed by atoms with van der Waals surface area (Å²) in [6.07, 6.45) is -4.77. The number of aromatic amines is 1. The van der Waals surface area contributed by atoms with Crippen molar-refractivity contribution < 1.29 is 26.7 Å². The quantitative estimate of drug-likeness (QED) is 0.259. The molecule has 5 rings (SSSR count). The van der Waals surface area contributed by atoms with E-state index >= 15 is 0 Å². The number of H-pyrrole nitrogens is 1.